The van der Waals surface area contributed by atoms with Crippen LogP contribution in [-0.2, 0) is 9.53 Å². The quantitative estimate of drug-likeness (QED) is 0.840. The van der Waals surface area contributed by atoms with Crippen LogP contribution in [0.15, 0.2) is 0 Å². The topological polar surface area (TPSA) is 41.6 Å². The molecular weight excluding hydrogens is 252 g/mol. The van der Waals surface area contributed by atoms with Crippen molar-refractivity contribution in [1.82, 2.24) is 10.2 Å². The Morgan fingerprint density at radius 3 is 2.80 bits per heavy atom. The second kappa shape index (κ2) is 6.02. The highest BCUT2D eigenvalue weighted by Crippen LogP contribution is 2.37. The van der Waals surface area contributed by atoms with Crippen molar-refractivity contribution in [1.29, 1.82) is 0 Å². The Bertz CT molecular complexity index is 346. The Morgan fingerprint density at radius 2 is 2.15 bits per heavy atom. The molecule has 0 aromatic heterocycles. The van der Waals surface area contributed by atoms with Crippen LogP contribution in [-0.4, -0.2) is 42.3 Å². The molecule has 4 nitrogen and oxygen atoms in total. The van der Waals surface area contributed by atoms with Gasteiger partial charge in [-0.2, -0.15) is 0 Å². The van der Waals surface area contributed by atoms with E-state index in [1.165, 1.54) is 19.3 Å². The van der Waals surface area contributed by atoms with Gasteiger partial charge < -0.3 is 9.64 Å². The minimum absolute atomic E-state index is 0.202. The van der Waals surface area contributed by atoms with Crippen LogP contribution in [0.2, 0.25) is 0 Å². The Hall–Kier alpha value is -0.610. The monoisotopic (exact) mass is 280 g/mol. The number of carbonyl (C=O) groups is 1. The lowest BCUT2D eigenvalue weighted by Gasteiger charge is -2.25. The van der Waals surface area contributed by atoms with Gasteiger partial charge in [-0.25, -0.2) is 0 Å². The lowest BCUT2D eigenvalue weighted by molar-refractivity contribution is -0.133. The molecule has 1 aliphatic carbocycles. The molecule has 4 heteroatoms. The maximum absolute atomic E-state index is 12.9. The number of carbonyl (C=O) groups excluding carboxylic acids is 1. The Balaban J connectivity index is 1.64. The zero-order chi connectivity index (χ0) is 14.0. The first-order chi connectivity index (χ1) is 9.75. The summed E-state index contributed by atoms with van der Waals surface area (Å²) in [5.74, 6) is 1.04. The molecule has 0 bridgehead atoms. The van der Waals surface area contributed by atoms with Gasteiger partial charge >= 0.3 is 0 Å². The molecule has 0 aromatic carbocycles. The predicted molar refractivity (Wildman–Crippen MR) is 78.3 cm³/mol. The van der Waals surface area contributed by atoms with E-state index < -0.39 is 0 Å². The van der Waals surface area contributed by atoms with E-state index in [1.807, 2.05) is 0 Å². The van der Waals surface area contributed by atoms with Crippen molar-refractivity contribution in [2.24, 2.45) is 5.92 Å². The molecule has 1 amide bonds. The van der Waals surface area contributed by atoms with Gasteiger partial charge in [0.2, 0.25) is 5.91 Å². The molecule has 2 heterocycles. The first-order valence-corrected chi connectivity index (χ1v) is 8.42. The van der Waals surface area contributed by atoms with Gasteiger partial charge in [0, 0.05) is 19.8 Å². The molecule has 1 saturated carbocycles. The van der Waals surface area contributed by atoms with Gasteiger partial charge in [0.05, 0.1) is 11.7 Å². The lowest BCUT2D eigenvalue weighted by Crippen LogP contribution is -2.44. The first kappa shape index (κ1) is 14.3. The molecule has 2 unspecified atom stereocenters. The van der Waals surface area contributed by atoms with Crippen LogP contribution in [0.25, 0.3) is 0 Å². The van der Waals surface area contributed by atoms with Crippen LogP contribution in [0.4, 0.5) is 0 Å². The minimum atomic E-state index is -0.202. The van der Waals surface area contributed by atoms with E-state index in [9.17, 15) is 4.79 Å². The van der Waals surface area contributed by atoms with Gasteiger partial charge in [0.25, 0.3) is 0 Å². The normalized spacial score (nSPS) is 32.6. The maximum atomic E-state index is 12.9. The summed E-state index contributed by atoms with van der Waals surface area (Å²) in [5.41, 5.74) is -0.202. The van der Waals surface area contributed by atoms with Gasteiger partial charge in [-0.3, -0.25) is 10.1 Å². The number of hydrogen-bond donors (Lipinski definition) is 1. The van der Waals surface area contributed by atoms with Crippen LogP contribution < -0.4 is 5.32 Å². The predicted octanol–water partition coefficient (Wildman–Crippen LogP) is 2.28. The summed E-state index contributed by atoms with van der Waals surface area (Å²) in [5, 5.41) is 3.69. The van der Waals surface area contributed by atoms with Crippen molar-refractivity contribution in [2.45, 2.75) is 70.0 Å². The minimum Gasteiger partial charge on any atom is -0.381 e. The second-order valence-electron chi connectivity index (χ2n) is 6.75. The highest BCUT2D eigenvalue weighted by molar-refractivity contribution is 5.89. The van der Waals surface area contributed by atoms with Crippen molar-refractivity contribution in [2.75, 3.05) is 19.8 Å². The van der Waals surface area contributed by atoms with Crippen LogP contribution in [0, 0.1) is 5.92 Å². The zero-order valence-corrected chi connectivity index (χ0v) is 12.7. The van der Waals surface area contributed by atoms with Gasteiger partial charge in [-0.05, 0) is 38.0 Å². The molecule has 3 fully saturated rings. The Morgan fingerprint density at radius 1 is 1.35 bits per heavy atom. The van der Waals surface area contributed by atoms with E-state index in [0.29, 0.717) is 11.8 Å². The Labute approximate surface area is 122 Å². The molecule has 3 aliphatic rings. The van der Waals surface area contributed by atoms with Crippen molar-refractivity contribution >= 4 is 5.91 Å². The molecular formula is C16H28N2O2. The van der Waals surface area contributed by atoms with E-state index in [4.69, 9.17) is 4.74 Å². The van der Waals surface area contributed by atoms with Crippen molar-refractivity contribution in [3.63, 3.8) is 0 Å². The Kier molecular flexibility index (Phi) is 4.32. The molecule has 2 atom stereocenters. The summed E-state index contributed by atoms with van der Waals surface area (Å²) in [4.78, 5) is 15.0. The average molecular weight is 280 g/mol. The van der Waals surface area contributed by atoms with Crippen molar-refractivity contribution < 1.29 is 9.53 Å². The van der Waals surface area contributed by atoms with E-state index in [-0.39, 0.29) is 11.7 Å². The lowest BCUT2D eigenvalue weighted by atomic mass is 9.97. The number of amides is 1. The van der Waals surface area contributed by atoms with Crippen molar-refractivity contribution in [3.05, 3.63) is 0 Å². The third-order valence-electron chi connectivity index (χ3n) is 5.31. The highest BCUT2D eigenvalue weighted by Gasteiger charge is 2.51. The van der Waals surface area contributed by atoms with Crippen LogP contribution in [0.1, 0.15) is 58.3 Å². The number of hydrogen-bond acceptors (Lipinski definition) is 3. The third-order valence-corrected chi connectivity index (χ3v) is 5.31. The largest absolute Gasteiger partial charge is 0.381 e. The summed E-state index contributed by atoms with van der Waals surface area (Å²) >= 11 is 0. The summed E-state index contributed by atoms with van der Waals surface area (Å²) in [6.07, 6.45) is 9.21. The number of nitrogens with zero attached hydrogens (tertiary/aromatic N) is 1. The van der Waals surface area contributed by atoms with Gasteiger partial charge in [0.1, 0.15) is 0 Å². The standard InChI is InChI=1S/C16H28N2O2/c1-2-5-14-17-16(8-3-4-9-16)15(19)18(14)10-6-13-7-11-20-12-13/h13-14,17H,2-12H2,1H3. The van der Waals surface area contributed by atoms with Gasteiger partial charge in [-0.15, -0.1) is 0 Å². The molecule has 1 N–H and O–H groups in total. The smallest absolute Gasteiger partial charge is 0.244 e. The molecule has 114 valence electrons. The first-order valence-electron chi connectivity index (χ1n) is 8.42. The molecule has 0 aromatic rings. The molecule has 2 saturated heterocycles. The number of rotatable bonds is 5. The molecule has 20 heavy (non-hydrogen) atoms. The number of ether oxygens (including phenoxy) is 1. The van der Waals surface area contributed by atoms with Gasteiger partial charge in [-0.1, -0.05) is 26.2 Å². The molecule has 0 radical (unpaired) electrons. The van der Waals surface area contributed by atoms with E-state index in [2.05, 4.69) is 17.1 Å². The van der Waals surface area contributed by atoms with Crippen LogP contribution in [0.5, 0.6) is 0 Å². The fourth-order valence-electron chi connectivity index (χ4n) is 4.10. The number of nitrogens with one attached hydrogen (secondary N) is 1. The SMILES string of the molecule is CCCC1NC2(CCCC2)C(=O)N1CCC1CCOC1. The summed E-state index contributed by atoms with van der Waals surface area (Å²) in [7, 11) is 0. The fourth-order valence-corrected chi connectivity index (χ4v) is 4.10. The second-order valence-corrected chi connectivity index (χ2v) is 6.75. The van der Waals surface area contributed by atoms with Crippen LogP contribution >= 0.6 is 0 Å². The van der Waals surface area contributed by atoms with E-state index in [1.54, 1.807) is 0 Å². The van der Waals surface area contributed by atoms with E-state index in [0.717, 1.165) is 51.9 Å². The third kappa shape index (κ3) is 2.60. The summed E-state index contributed by atoms with van der Waals surface area (Å²) in [6.45, 7) is 4.90. The molecule has 2 aliphatic heterocycles. The molecule has 3 rings (SSSR count). The molecule has 1 spiro atoms. The summed E-state index contributed by atoms with van der Waals surface area (Å²) < 4.78 is 5.45. The summed E-state index contributed by atoms with van der Waals surface area (Å²) in [6, 6.07) is 0. The maximum Gasteiger partial charge on any atom is 0.244 e. The highest BCUT2D eigenvalue weighted by atomic mass is 16.5. The van der Waals surface area contributed by atoms with Gasteiger partial charge in [0.15, 0.2) is 0 Å². The van der Waals surface area contributed by atoms with Crippen molar-refractivity contribution in [3.8, 4) is 0 Å². The zero-order valence-electron chi connectivity index (χ0n) is 12.7. The average Bonchev–Trinajstić information content (AvgIpc) is 3.14. The van der Waals surface area contributed by atoms with Crippen LogP contribution in [0.3, 0.4) is 0 Å². The fraction of sp³-hybridized carbons (Fsp3) is 0.938. The van der Waals surface area contributed by atoms with E-state index >= 15 is 0 Å².